The van der Waals surface area contributed by atoms with Crippen molar-refractivity contribution in [2.24, 2.45) is 11.8 Å². The summed E-state index contributed by atoms with van der Waals surface area (Å²) < 4.78 is 0. The Hall–Kier alpha value is -1.04. The van der Waals surface area contributed by atoms with Gasteiger partial charge in [0.05, 0.1) is 17.9 Å². The summed E-state index contributed by atoms with van der Waals surface area (Å²) >= 11 is 0. The number of nitriles is 1. The Bertz CT molecular complexity index is 158. The summed E-state index contributed by atoms with van der Waals surface area (Å²) in [6, 6.07) is 1.89. The Morgan fingerprint density at radius 1 is 1.88 bits per heavy atom. The molecule has 0 saturated heterocycles. The zero-order valence-corrected chi connectivity index (χ0v) is 4.16. The number of rotatable bonds is 1. The molecule has 0 aromatic rings. The van der Waals surface area contributed by atoms with Crippen molar-refractivity contribution in [3.05, 3.63) is 0 Å². The molecule has 1 rings (SSSR count). The van der Waals surface area contributed by atoms with Gasteiger partial charge >= 0.3 is 5.97 Å². The van der Waals surface area contributed by atoms with Crippen LogP contribution in [0.5, 0.6) is 0 Å². The third-order valence-electron chi connectivity index (χ3n) is 1.27. The van der Waals surface area contributed by atoms with Crippen LogP contribution in [-0.4, -0.2) is 11.1 Å². The summed E-state index contributed by atoms with van der Waals surface area (Å²) in [6.45, 7) is 0. The van der Waals surface area contributed by atoms with Gasteiger partial charge in [-0.15, -0.1) is 0 Å². The minimum Gasteiger partial charge on any atom is -0.481 e. The van der Waals surface area contributed by atoms with Gasteiger partial charge in [0.15, 0.2) is 0 Å². The first kappa shape index (κ1) is 5.10. The lowest BCUT2D eigenvalue weighted by Gasteiger charge is -1.78. The van der Waals surface area contributed by atoms with Gasteiger partial charge in [0.2, 0.25) is 0 Å². The predicted octanol–water partition coefficient (Wildman–Crippen LogP) is 0.231. The second kappa shape index (κ2) is 1.48. The lowest BCUT2D eigenvalue weighted by atomic mass is 10.3. The van der Waals surface area contributed by atoms with Gasteiger partial charge in [0.1, 0.15) is 0 Å². The summed E-state index contributed by atoms with van der Waals surface area (Å²) in [4.78, 5) is 9.98. The fourth-order valence-corrected chi connectivity index (χ4v) is 0.611. The number of carboxylic acids is 1. The van der Waals surface area contributed by atoms with Crippen molar-refractivity contribution in [1.29, 1.82) is 5.26 Å². The van der Waals surface area contributed by atoms with Crippen LogP contribution in [0.1, 0.15) is 6.42 Å². The van der Waals surface area contributed by atoms with Crippen LogP contribution in [-0.2, 0) is 4.79 Å². The highest BCUT2D eigenvalue weighted by Gasteiger charge is 2.43. The highest BCUT2D eigenvalue weighted by atomic mass is 16.4. The first-order valence-corrected chi connectivity index (χ1v) is 2.38. The normalized spacial score (nSPS) is 33.4. The first-order chi connectivity index (χ1) is 3.75. The average Bonchev–Trinajstić information content (AvgIpc) is 2.42. The molecule has 3 nitrogen and oxygen atoms in total. The molecule has 3 heteroatoms. The Morgan fingerprint density at radius 2 is 2.50 bits per heavy atom. The maximum Gasteiger partial charge on any atom is 0.307 e. The number of hydrogen-bond donors (Lipinski definition) is 1. The largest absolute Gasteiger partial charge is 0.481 e. The van der Waals surface area contributed by atoms with Gasteiger partial charge in [-0.3, -0.25) is 4.79 Å². The minimum absolute atomic E-state index is 0.201. The summed E-state index contributed by atoms with van der Waals surface area (Å²) in [5, 5.41) is 16.3. The van der Waals surface area contributed by atoms with Crippen LogP contribution in [0.2, 0.25) is 0 Å². The molecule has 2 atom stereocenters. The quantitative estimate of drug-likeness (QED) is 0.526. The fourth-order valence-electron chi connectivity index (χ4n) is 0.611. The van der Waals surface area contributed by atoms with Gasteiger partial charge in [-0.1, -0.05) is 0 Å². The SMILES string of the molecule is N#C[C@@H]1C[C@@H]1C(=O)O. The van der Waals surface area contributed by atoms with Gasteiger partial charge in [0.25, 0.3) is 0 Å². The predicted molar refractivity (Wildman–Crippen MR) is 24.8 cm³/mol. The molecule has 42 valence electrons. The third-order valence-corrected chi connectivity index (χ3v) is 1.27. The molecule has 1 N–H and O–H groups in total. The van der Waals surface area contributed by atoms with E-state index in [1.54, 1.807) is 0 Å². The zero-order chi connectivity index (χ0) is 6.15. The van der Waals surface area contributed by atoms with Gasteiger partial charge in [0, 0.05) is 0 Å². The monoisotopic (exact) mass is 111 g/mol. The smallest absolute Gasteiger partial charge is 0.307 e. The van der Waals surface area contributed by atoms with Crippen molar-refractivity contribution in [1.82, 2.24) is 0 Å². The van der Waals surface area contributed by atoms with Crippen LogP contribution in [0, 0.1) is 23.2 Å². The van der Waals surface area contributed by atoms with Crippen LogP contribution in [0.3, 0.4) is 0 Å². The second-order valence-corrected chi connectivity index (χ2v) is 1.92. The minimum atomic E-state index is -0.837. The van der Waals surface area contributed by atoms with Gasteiger partial charge in [-0.05, 0) is 6.42 Å². The molecular weight excluding hydrogens is 106 g/mol. The molecule has 0 radical (unpaired) electrons. The summed E-state index contributed by atoms with van der Waals surface area (Å²) in [5.41, 5.74) is 0. The zero-order valence-electron chi connectivity index (χ0n) is 4.16. The summed E-state index contributed by atoms with van der Waals surface area (Å²) in [7, 11) is 0. The molecule has 8 heavy (non-hydrogen) atoms. The lowest BCUT2D eigenvalue weighted by Crippen LogP contribution is -1.97. The van der Waals surface area contributed by atoms with E-state index in [-0.39, 0.29) is 11.8 Å². The number of hydrogen-bond acceptors (Lipinski definition) is 2. The molecular formula is C5H5NO2. The fraction of sp³-hybridized carbons (Fsp3) is 0.600. The van der Waals surface area contributed by atoms with E-state index in [1.807, 2.05) is 6.07 Å². The van der Waals surface area contributed by atoms with E-state index in [4.69, 9.17) is 10.4 Å². The van der Waals surface area contributed by atoms with E-state index in [0.29, 0.717) is 6.42 Å². The van der Waals surface area contributed by atoms with Crippen molar-refractivity contribution >= 4 is 5.97 Å². The van der Waals surface area contributed by atoms with Crippen LogP contribution in [0.15, 0.2) is 0 Å². The topological polar surface area (TPSA) is 61.1 Å². The van der Waals surface area contributed by atoms with E-state index in [1.165, 1.54) is 0 Å². The number of carboxylic acid groups (broad SMARTS) is 1. The Balaban J connectivity index is 2.40. The Morgan fingerprint density at radius 3 is 2.62 bits per heavy atom. The van der Waals surface area contributed by atoms with Crippen molar-refractivity contribution in [2.45, 2.75) is 6.42 Å². The molecule has 0 heterocycles. The van der Waals surface area contributed by atoms with Crippen LogP contribution >= 0.6 is 0 Å². The summed E-state index contributed by atoms with van der Waals surface area (Å²) in [5.74, 6) is -1.40. The molecule has 1 aliphatic rings. The Kier molecular flexibility index (Phi) is 0.943. The molecule has 0 amide bonds. The first-order valence-electron chi connectivity index (χ1n) is 2.38. The molecule has 0 unspecified atom stereocenters. The highest BCUT2D eigenvalue weighted by Crippen LogP contribution is 2.37. The molecule has 0 spiro atoms. The second-order valence-electron chi connectivity index (χ2n) is 1.92. The van der Waals surface area contributed by atoms with Gasteiger partial charge in [-0.2, -0.15) is 5.26 Å². The standard InChI is InChI=1S/C5H5NO2/c6-2-3-1-4(3)5(7)8/h3-4H,1H2,(H,7,8)/t3-,4-/m0/s1. The average molecular weight is 111 g/mol. The van der Waals surface area contributed by atoms with Crippen molar-refractivity contribution in [3.8, 4) is 6.07 Å². The Labute approximate surface area is 46.5 Å². The van der Waals surface area contributed by atoms with Crippen LogP contribution < -0.4 is 0 Å². The third kappa shape index (κ3) is 0.648. The van der Waals surface area contributed by atoms with Crippen LogP contribution in [0.4, 0.5) is 0 Å². The number of nitrogens with zero attached hydrogens (tertiary/aromatic N) is 1. The molecule has 0 aromatic carbocycles. The van der Waals surface area contributed by atoms with E-state index in [9.17, 15) is 4.79 Å². The molecule has 0 bridgehead atoms. The van der Waals surface area contributed by atoms with Crippen molar-refractivity contribution < 1.29 is 9.90 Å². The highest BCUT2D eigenvalue weighted by molar-refractivity contribution is 5.74. The number of aliphatic carboxylic acids is 1. The number of carbonyl (C=O) groups is 1. The van der Waals surface area contributed by atoms with Crippen molar-refractivity contribution in [3.63, 3.8) is 0 Å². The van der Waals surface area contributed by atoms with E-state index in [0.717, 1.165) is 0 Å². The van der Waals surface area contributed by atoms with Crippen molar-refractivity contribution in [2.75, 3.05) is 0 Å². The van der Waals surface area contributed by atoms with E-state index in [2.05, 4.69) is 0 Å². The molecule has 1 fully saturated rings. The molecule has 1 saturated carbocycles. The van der Waals surface area contributed by atoms with E-state index >= 15 is 0 Å². The maximum atomic E-state index is 9.98. The lowest BCUT2D eigenvalue weighted by molar-refractivity contribution is -0.138. The maximum absolute atomic E-state index is 9.98. The van der Waals surface area contributed by atoms with E-state index < -0.39 is 5.97 Å². The van der Waals surface area contributed by atoms with Crippen LogP contribution in [0.25, 0.3) is 0 Å². The molecule has 1 aliphatic carbocycles. The molecule has 0 aliphatic heterocycles. The molecule has 0 aromatic heterocycles. The van der Waals surface area contributed by atoms with Gasteiger partial charge < -0.3 is 5.11 Å². The summed E-state index contributed by atoms with van der Waals surface area (Å²) in [6.07, 6.45) is 0.547. The van der Waals surface area contributed by atoms with Gasteiger partial charge in [-0.25, -0.2) is 0 Å².